The molecule has 25 heavy (non-hydrogen) atoms. The molecule has 0 radical (unpaired) electrons. The summed E-state index contributed by atoms with van der Waals surface area (Å²) in [5.74, 6) is -0.463. The van der Waals surface area contributed by atoms with Crippen molar-refractivity contribution in [3.05, 3.63) is 59.4 Å². The van der Waals surface area contributed by atoms with Gasteiger partial charge in [-0.15, -0.1) is 5.10 Å². The first-order valence-corrected chi connectivity index (χ1v) is 9.26. The number of rotatable bonds is 4. The Hall–Kier alpha value is -2.78. The maximum absolute atomic E-state index is 12.4. The van der Waals surface area contributed by atoms with E-state index in [-0.39, 0.29) is 15.5 Å². The summed E-state index contributed by atoms with van der Waals surface area (Å²) in [6, 6.07) is 11.0. The van der Waals surface area contributed by atoms with Gasteiger partial charge in [-0.25, -0.2) is 13.1 Å². The number of halogens is 1. The first-order valence-electron chi connectivity index (χ1n) is 6.99. The van der Waals surface area contributed by atoms with Crippen LogP contribution in [0.5, 0.6) is 0 Å². The van der Waals surface area contributed by atoms with Crippen LogP contribution in [0.15, 0.2) is 53.7 Å². The second-order valence-corrected chi connectivity index (χ2v) is 7.57. The molecule has 0 aliphatic carbocycles. The molecule has 10 heteroatoms. The van der Waals surface area contributed by atoms with Crippen LogP contribution in [0.3, 0.4) is 0 Å². The van der Waals surface area contributed by atoms with E-state index in [1.54, 1.807) is 24.3 Å². The number of nitrogens with one attached hydrogen (secondary N) is 1. The largest absolute Gasteiger partial charge is 0.322 e. The average Bonchev–Trinajstić information content (AvgIpc) is 3.09. The summed E-state index contributed by atoms with van der Waals surface area (Å²) in [6.07, 6.45) is 2.46. The van der Waals surface area contributed by atoms with E-state index in [0.29, 0.717) is 11.4 Å². The number of amides is 1. The minimum Gasteiger partial charge on any atom is -0.322 e. The molecule has 0 saturated carbocycles. The molecule has 0 spiro atoms. The molecule has 0 saturated heterocycles. The highest BCUT2D eigenvalue weighted by Crippen LogP contribution is 2.23. The predicted octanol–water partition coefficient (Wildman–Crippen LogP) is 1.97. The molecule has 0 bridgehead atoms. The molecule has 0 aliphatic heterocycles. The third kappa shape index (κ3) is 3.83. The van der Waals surface area contributed by atoms with Crippen molar-refractivity contribution in [1.82, 2.24) is 20.2 Å². The lowest BCUT2D eigenvalue weighted by Gasteiger charge is -2.09. The van der Waals surface area contributed by atoms with Crippen LogP contribution in [-0.4, -0.2) is 40.8 Å². The van der Waals surface area contributed by atoms with E-state index in [2.05, 4.69) is 20.8 Å². The maximum Gasteiger partial charge on any atom is 0.255 e. The third-order valence-electron chi connectivity index (χ3n) is 3.31. The van der Waals surface area contributed by atoms with E-state index >= 15 is 0 Å². The fourth-order valence-corrected chi connectivity index (χ4v) is 3.44. The van der Waals surface area contributed by atoms with E-state index in [9.17, 15) is 13.2 Å². The minimum atomic E-state index is -3.54. The number of tetrazole rings is 1. The molecule has 0 fully saturated rings. The summed E-state index contributed by atoms with van der Waals surface area (Å²) in [7, 11) is -3.54. The summed E-state index contributed by atoms with van der Waals surface area (Å²) in [5, 5.41) is 13.7. The molecule has 1 aromatic heterocycles. The number of anilines is 1. The predicted molar refractivity (Wildman–Crippen MR) is 91.7 cm³/mol. The molecule has 1 amide bonds. The number of sulfone groups is 1. The average molecular weight is 378 g/mol. The molecule has 3 aromatic rings. The van der Waals surface area contributed by atoms with Crippen LogP contribution < -0.4 is 5.32 Å². The number of benzene rings is 2. The highest BCUT2D eigenvalue weighted by molar-refractivity contribution is 7.90. The molecule has 128 valence electrons. The normalized spacial score (nSPS) is 11.3. The van der Waals surface area contributed by atoms with Crippen LogP contribution >= 0.6 is 11.6 Å². The third-order valence-corrected chi connectivity index (χ3v) is 4.89. The summed E-state index contributed by atoms with van der Waals surface area (Å²) in [5.41, 5.74) is 1.35. The Morgan fingerprint density at radius 3 is 2.68 bits per heavy atom. The van der Waals surface area contributed by atoms with Gasteiger partial charge in [-0.2, -0.15) is 0 Å². The van der Waals surface area contributed by atoms with Gasteiger partial charge in [0.05, 0.1) is 15.6 Å². The molecule has 8 nitrogen and oxygen atoms in total. The van der Waals surface area contributed by atoms with Gasteiger partial charge in [0, 0.05) is 17.5 Å². The van der Waals surface area contributed by atoms with Crippen molar-refractivity contribution in [2.75, 3.05) is 11.6 Å². The van der Waals surface area contributed by atoms with Crippen LogP contribution in [0.1, 0.15) is 10.4 Å². The molecule has 1 N–H and O–H groups in total. The van der Waals surface area contributed by atoms with E-state index in [1.165, 1.54) is 29.2 Å². The Morgan fingerprint density at radius 1 is 1.20 bits per heavy atom. The number of hydrogen-bond acceptors (Lipinski definition) is 6. The molecule has 0 aliphatic rings. The number of carbonyl (C=O) groups excluding carboxylic acids is 1. The lowest BCUT2D eigenvalue weighted by molar-refractivity contribution is 0.102. The quantitative estimate of drug-likeness (QED) is 0.744. The smallest absolute Gasteiger partial charge is 0.255 e. The fraction of sp³-hybridized carbons (Fsp3) is 0.0667. The highest BCUT2D eigenvalue weighted by atomic mass is 35.5. The van der Waals surface area contributed by atoms with Crippen LogP contribution in [0.25, 0.3) is 5.69 Å². The zero-order chi connectivity index (χ0) is 18.0. The van der Waals surface area contributed by atoms with Gasteiger partial charge >= 0.3 is 0 Å². The minimum absolute atomic E-state index is 0.0692. The van der Waals surface area contributed by atoms with E-state index < -0.39 is 15.7 Å². The number of aromatic nitrogens is 4. The second kappa shape index (κ2) is 6.61. The van der Waals surface area contributed by atoms with Crippen molar-refractivity contribution in [3.8, 4) is 5.69 Å². The molecule has 0 unspecified atom stereocenters. The van der Waals surface area contributed by atoms with Crippen LogP contribution in [0.4, 0.5) is 5.69 Å². The van der Waals surface area contributed by atoms with E-state index in [0.717, 1.165) is 6.26 Å². The molecule has 2 aromatic carbocycles. The van der Waals surface area contributed by atoms with Gasteiger partial charge in [0.25, 0.3) is 5.91 Å². The van der Waals surface area contributed by atoms with Gasteiger partial charge < -0.3 is 5.32 Å². The van der Waals surface area contributed by atoms with E-state index in [4.69, 9.17) is 11.6 Å². The van der Waals surface area contributed by atoms with Crippen LogP contribution in [-0.2, 0) is 9.84 Å². The van der Waals surface area contributed by atoms with Crippen molar-refractivity contribution in [1.29, 1.82) is 0 Å². The summed E-state index contributed by atoms with van der Waals surface area (Å²) >= 11 is 5.89. The molecular formula is C15H12ClN5O3S. The van der Waals surface area contributed by atoms with Gasteiger partial charge in [-0.3, -0.25) is 4.79 Å². The van der Waals surface area contributed by atoms with Gasteiger partial charge in [-0.05, 0) is 46.8 Å². The van der Waals surface area contributed by atoms with Gasteiger partial charge in [0.2, 0.25) is 0 Å². The first kappa shape index (κ1) is 17.1. The Morgan fingerprint density at radius 2 is 2.00 bits per heavy atom. The lowest BCUT2D eigenvalue weighted by atomic mass is 10.2. The fourth-order valence-electron chi connectivity index (χ4n) is 2.14. The van der Waals surface area contributed by atoms with Gasteiger partial charge in [-0.1, -0.05) is 17.7 Å². The van der Waals surface area contributed by atoms with Crippen LogP contribution in [0.2, 0.25) is 5.02 Å². The Kier molecular flexibility index (Phi) is 4.51. The zero-order valence-electron chi connectivity index (χ0n) is 12.9. The number of nitrogens with zero attached hydrogens (tertiary/aromatic N) is 4. The Bertz CT molecular complexity index is 1040. The van der Waals surface area contributed by atoms with Gasteiger partial charge in [0.1, 0.15) is 6.33 Å². The molecule has 3 rings (SSSR count). The highest BCUT2D eigenvalue weighted by Gasteiger charge is 2.16. The molecular weight excluding hydrogens is 366 g/mol. The SMILES string of the molecule is CS(=O)(=O)c1cc(C(=O)Nc2cccc(-n3cnnn3)c2)ccc1Cl. The van der Waals surface area contributed by atoms with E-state index in [1.807, 2.05) is 0 Å². The van der Waals surface area contributed by atoms with Gasteiger partial charge in [0.15, 0.2) is 9.84 Å². The second-order valence-electron chi connectivity index (χ2n) is 5.18. The molecule has 1 heterocycles. The standard InChI is InChI=1S/C15H12ClN5O3S/c1-25(23,24)14-7-10(5-6-13(14)16)15(22)18-11-3-2-4-12(8-11)21-9-17-19-20-21/h2-9H,1H3,(H,18,22). The van der Waals surface area contributed by atoms with Crippen molar-refractivity contribution >= 4 is 33.0 Å². The first-order chi connectivity index (χ1) is 11.8. The Balaban J connectivity index is 1.87. The summed E-state index contributed by atoms with van der Waals surface area (Å²) < 4.78 is 24.9. The summed E-state index contributed by atoms with van der Waals surface area (Å²) in [6.45, 7) is 0. The van der Waals surface area contributed by atoms with Crippen LogP contribution in [0, 0.1) is 0 Å². The van der Waals surface area contributed by atoms with Crippen molar-refractivity contribution in [2.24, 2.45) is 0 Å². The van der Waals surface area contributed by atoms with Crippen molar-refractivity contribution in [2.45, 2.75) is 4.90 Å². The zero-order valence-corrected chi connectivity index (χ0v) is 14.5. The van der Waals surface area contributed by atoms with Crippen molar-refractivity contribution in [3.63, 3.8) is 0 Å². The monoisotopic (exact) mass is 377 g/mol. The topological polar surface area (TPSA) is 107 Å². The summed E-state index contributed by atoms with van der Waals surface area (Å²) in [4.78, 5) is 12.3. The van der Waals surface area contributed by atoms with Crippen molar-refractivity contribution < 1.29 is 13.2 Å². The Labute approximate surface area is 148 Å². The number of carbonyl (C=O) groups is 1. The lowest BCUT2D eigenvalue weighted by Crippen LogP contribution is -2.13. The maximum atomic E-state index is 12.4. The number of hydrogen-bond donors (Lipinski definition) is 1. The molecule has 0 atom stereocenters.